The maximum absolute atomic E-state index is 11.7. The Morgan fingerprint density at radius 3 is 3.06 bits per heavy atom. The molecule has 1 fully saturated rings. The number of halogens is 2. The van der Waals surface area contributed by atoms with E-state index >= 15 is 0 Å². The number of carbonyl (C=O) groups is 1. The van der Waals surface area contributed by atoms with Gasteiger partial charge in [-0.3, -0.25) is 4.79 Å². The first-order valence-corrected chi connectivity index (χ1v) is 7.17. The second kappa shape index (κ2) is 8.12. The molecule has 2 heterocycles. The Hall–Kier alpha value is -0.140. The van der Waals surface area contributed by atoms with Crippen LogP contribution in [-0.4, -0.2) is 31.7 Å². The van der Waals surface area contributed by atoms with Crippen LogP contribution in [0.4, 0.5) is 0 Å². The van der Waals surface area contributed by atoms with Gasteiger partial charge in [0.1, 0.15) is 0 Å². The molecule has 7 heteroatoms. The van der Waals surface area contributed by atoms with Gasteiger partial charge in [0.15, 0.2) is 0 Å². The predicted molar refractivity (Wildman–Crippen MR) is 78.3 cm³/mol. The predicted octanol–water partition coefficient (Wildman–Crippen LogP) is 1.93. The van der Waals surface area contributed by atoms with Crippen LogP contribution in [0.25, 0.3) is 0 Å². The van der Waals surface area contributed by atoms with Crippen LogP contribution in [0, 0.1) is 0 Å². The molecule has 1 saturated heterocycles. The Kier molecular flexibility index (Phi) is 7.18. The van der Waals surface area contributed by atoms with Gasteiger partial charge in [0.25, 0.3) is 0 Å². The van der Waals surface area contributed by atoms with Crippen LogP contribution >= 0.6 is 39.7 Å². The summed E-state index contributed by atoms with van der Waals surface area (Å²) in [4.78, 5) is 12.8. The number of nitrogens with one attached hydrogen (secondary N) is 2. The quantitative estimate of drug-likeness (QED) is 0.868. The number of amides is 1. The number of rotatable bonds is 4. The Balaban J connectivity index is 0.00000162. The van der Waals surface area contributed by atoms with Crippen molar-refractivity contribution in [3.05, 3.63) is 20.8 Å². The van der Waals surface area contributed by atoms with E-state index in [1.54, 1.807) is 11.3 Å². The van der Waals surface area contributed by atoms with E-state index in [-0.39, 0.29) is 24.4 Å². The summed E-state index contributed by atoms with van der Waals surface area (Å²) >= 11 is 5.04. The summed E-state index contributed by atoms with van der Waals surface area (Å²) in [6.45, 7) is 2.79. The number of carbonyl (C=O) groups excluding carboxylic acids is 1. The summed E-state index contributed by atoms with van der Waals surface area (Å²) < 4.78 is 6.39. The van der Waals surface area contributed by atoms with Crippen molar-refractivity contribution in [3.63, 3.8) is 0 Å². The minimum Gasteiger partial charge on any atom is -0.378 e. The molecule has 2 N–H and O–H groups in total. The highest BCUT2D eigenvalue weighted by atomic mass is 79.9. The molecule has 0 aliphatic carbocycles. The molecule has 0 saturated carbocycles. The monoisotopic (exact) mass is 354 g/mol. The smallest absolute Gasteiger partial charge is 0.221 e. The third kappa shape index (κ3) is 5.24. The Morgan fingerprint density at radius 1 is 1.61 bits per heavy atom. The summed E-state index contributed by atoms with van der Waals surface area (Å²) in [5, 5.41) is 6.18. The molecule has 1 aromatic rings. The highest BCUT2D eigenvalue weighted by Crippen LogP contribution is 2.21. The largest absolute Gasteiger partial charge is 0.378 e. The Labute approximate surface area is 125 Å². The zero-order chi connectivity index (χ0) is 12.1. The number of hydrogen-bond donors (Lipinski definition) is 2. The zero-order valence-corrected chi connectivity index (χ0v) is 13.0. The van der Waals surface area contributed by atoms with Crippen molar-refractivity contribution >= 4 is 45.6 Å². The van der Waals surface area contributed by atoms with Crippen molar-refractivity contribution in [1.82, 2.24) is 10.6 Å². The van der Waals surface area contributed by atoms with E-state index in [1.807, 2.05) is 12.1 Å². The van der Waals surface area contributed by atoms with E-state index in [0.29, 0.717) is 19.6 Å². The number of morpholine rings is 1. The van der Waals surface area contributed by atoms with E-state index < -0.39 is 0 Å². The number of thiophene rings is 1. The minimum absolute atomic E-state index is 0. The van der Waals surface area contributed by atoms with E-state index in [9.17, 15) is 4.79 Å². The average molecular weight is 356 g/mol. The van der Waals surface area contributed by atoms with Gasteiger partial charge < -0.3 is 15.4 Å². The fourth-order valence-corrected chi connectivity index (χ4v) is 3.10. The molecule has 1 aliphatic rings. The van der Waals surface area contributed by atoms with E-state index in [4.69, 9.17) is 4.74 Å². The van der Waals surface area contributed by atoms with E-state index in [0.717, 1.165) is 21.8 Å². The van der Waals surface area contributed by atoms with E-state index in [1.165, 1.54) is 0 Å². The summed E-state index contributed by atoms with van der Waals surface area (Å²) in [5.41, 5.74) is 0. The molecule has 1 aromatic heterocycles. The van der Waals surface area contributed by atoms with Crippen LogP contribution in [0.5, 0.6) is 0 Å². The molecule has 4 nitrogen and oxygen atoms in total. The molecular weight excluding hydrogens is 340 g/mol. The SMILES string of the molecule is Cl.O=C(CC1COCCN1)NCc1ccc(Br)s1. The highest BCUT2D eigenvalue weighted by molar-refractivity contribution is 9.11. The van der Waals surface area contributed by atoms with Crippen molar-refractivity contribution in [2.24, 2.45) is 0 Å². The molecular formula is C11H16BrClN2O2S. The van der Waals surface area contributed by atoms with Crippen LogP contribution < -0.4 is 10.6 Å². The first-order chi connectivity index (χ1) is 8.24. The van der Waals surface area contributed by atoms with Gasteiger partial charge in [0, 0.05) is 23.9 Å². The lowest BCUT2D eigenvalue weighted by Crippen LogP contribution is -2.44. The third-order valence-corrected chi connectivity index (χ3v) is 4.14. The average Bonchev–Trinajstić information content (AvgIpc) is 2.74. The molecule has 0 radical (unpaired) electrons. The minimum atomic E-state index is 0. The highest BCUT2D eigenvalue weighted by Gasteiger charge is 2.16. The van der Waals surface area contributed by atoms with Crippen LogP contribution in [0.15, 0.2) is 15.9 Å². The summed E-state index contributed by atoms with van der Waals surface area (Å²) in [7, 11) is 0. The van der Waals surface area contributed by atoms with E-state index in [2.05, 4.69) is 26.6 Å². The first-order valence-electron chi connectivity index (χ1n) is 5.56. The standard InChI is InChI=1S/C11H15BrN2O2S.ClH/c12-10-2-1-9(17-10)6-14-11(15)5-8-7-16-4-3-13-8;/h1-2,8,13H,3-7H2,(H,14,15);1H. The number of ether oxygens (including phenoxy) is 1. The van der Waals surface area contributed by atoms with Crippen LogP contribution in [0.1, 0.15) is 11.3 Å². The summed E-state index contributed by atoms with van der Waals surface area (Å²) in [5.74, 6) is 0.0672. The number of hydrogen-bond acceptors (Lipinski definition) is 4. The maximum Gasteiger partial charge on any atom is 0.221 e. The Bertz CT molecular complexity index is 383. The molecule has 2 rings (SSSR count). The molecule has 18 heavy (non-hydrogen) atoms. The van der Waals surface area contributed by atoms with Crippen molar-refractivity contribution < 1.29 is 9.53 Å². The van der Waals surface area contributed by atoms with Crippen LogP contribution in [0.3, 0.4) is 0 Å². The molecule has 1 unspecified atom stereocenters. The second-order valence-electron chi connectivity index (χ2n) is 3.91. The van der Waals surface area contributed by atoms with Gasteiger partial charge in [-0.05, 0) is 28.1 Å². The third-order valence-electron chi connectivity index (χ3n) is 2.52. The zero-order valence-electron chi connectivity index (χ0n) is 9.78. The normalized spacial score (nSPS) is 19.1. The maximum atomic E-state index is 11.7. The summed E-state index contributed by atoms with van der Waals surface area (Å²) in [6.07, 6.45) is 0.479. The second-order valence-corrected chi connectivity index (χ2v) is 6.46. The first kappa shape index (κ1) is 15.9. The molecule has 1 atom stereocenters. The van der Waals surface area contributed by atoms with Gasteiger partial charge in [-0.15, -0.1) is 23.7 Å². The fourth-order valence-electron chi connectivity index (χ4n) is 1.68. The van der Waals surface area contributed by atoms with Gasteiger partial charge in [-0.25, -0.2) is 0 Å². The van der Waals surface area contributed by atoms with Gasteiger partial charge in [0.2, 0.25) is 5.91 Å². The molecule has 102 valence electrons. The molecule has 1 aliphatic heterocycles. The molecule has 0 spiro atoms. The lowest BCUT2D eigenvalue weighted by molar-refractivity contribution is -0.122. The van der Waals surface area contributed by atoms with Crippen molar-refractivity contribution in [2.45, 2.75) is 19.0 Å². The molecule has 1 amide bonds. The lowest BCUT2D eigenvalue weighted by Gasteiger charge is -2.23. The van der Waals surface area contributed by atoms with Crippen LogP contribution in [-0.2, 0) is 16.1 Å². The topological polar surface area (TPSA) is 50.4 Å². The molecule has 0 bridgehead atoms. The summed E-state index contributed by atoms with van der Waals surface area (Å²) in [6, 6.07) is 4.15. The Morgan fingerprint density at radius 2 is 2.44 bits per heavy atom. The molecule has 0 aromatic carbocycles. The lowest BCUT2D eigenvalue weighted by atomic mass is 10.2. The van der Waals surface area contributed by atoms with Crippen LogP contribution in [0.2, 0.25) is 0 Å². The van der Waals surface area contributed by atoms with Gasteiger partial charge in [-0.2, -0.15) is 0 Å². The fraction of sp³-hybridized carbons (Fsp3) is 0.545. The van der Waals surface area contributed by atoms with Crippen molar-refractivity contribution in [2.75, 3.05) is 19.8 Å². The van der Waals surface area contributed by atoms with Gasteiger partial charge in [0.05, 0.1) is 23.5 Å². The van der Waals surface area contributed by atoms with Crippen molar-refractivity contribution in [1.29, 1.82) is 0 Å². The van der Waals surface area contributed by atoms with Gasteiger partial charge in [-0.1, -0.05) is 0 Å². The van der Waals surface area contributed by atoms with Crippen molar-refractivity contribution in [3.8, 4) is 0 Å². The van der Waals surface area contributed by atoms with Gasteiger partial charge >= 0.3 is 0 Å².